The third-order valence-electron chi connectivity index (χ3n) is 3.21. The van der Waals surface area contributed by atoms with E-state index >= 15 is 0 Å². The Morgan fingerprint density at radius 2 is 1.71 bits per heavy atom. The molecular formula is C17H26N4O3. The SMILES string of the molecule is CC(C)CNC(=O)NC(=O)CN[C@H](C(=O)N(C)C)c1ccccc1. The van der Waals surface area contributed by atoms with Crippen LogP contribution >= 0.6 is 0 Å². The number of likely N-dealkylation sites (N-methyl/N-ethyl adjacent to an activating group) is 1. The number of hydrogen-bond donors (Lipinski definition) is 3. The van der Waals surface area contributed by atoms with Crippen molar-refractivity contribution in [3.8, 4) is 0 Å². The molecule has 7 heteroatoms. The fourth-order valence-electron chi connectivity index (χ4n) is 1.96. The van der Waals surface area contributed by atoms with E-state index in [2.05, 4.69) is 16.0 Å². The predicted molar refractivity (Wildman–Crippen MR) is 92.3 cm³/mol. The van der Waals surface area contributed by atoms with Crippen LogP contribution in [0.25, 0.3) is 0 Å². The Morgan fingerprint density at radius 1 is 1.08 bits per heavy atom. The summed E-state index contributed by atoms with van der Waals surface area (Å²) in [7, 11) is 3.30. The van der Waals surface area contributed by atoms with Gasteiger partial charge in [-0.2, -0.15) is 0 Å². The van der Waals surface area contributed by atoms with Gasteiger partial charge >= 0.3 is 6.03 Å². The Bertz CT molecular complexity index is 558. The topological polar surface area (TPSA) is 90.5 Å². The van der Waals surface area contributed by atoms with Crippen molar-refractivity contribution in [2.45, 2.75) is 19.9 Å². The van der Waals surface area contributed by atoms with Gasteiger partial charge in [0.2, 0.25) is 11.8 Å². The molecule has 1 rings (SSSR count). The molecule has 3 N–H and O–H groups in total. The molecular weight excluding hydrogens is 308 g/mol. The zero-order chi connectivity index (χ0) is 18.1. The van der Waals surface area contributed by atoms with Crippen LogP contribution in [0.2, 0.25) is 0 Å². The van der Waals surface area contributed by atoms with Gasteiger partial charge in [0.15, 0.2) is 0 Å². The lowest BCUT2D eigenvalue weighted by molar-refractivity contribution is -0.131. The maximum atomic E-state index is 12.3. The van der Waals surface area contributed by atoms with E-state index in [1.807, 2.05) is 44.2 Å². The molecule has 0 heterocycles. The van der Waals surface area contributed by atoms with E-state index in [0.29, 0.717) is 12.5 Å². The van der Waals surface area contributed by atoms with Crippen LogP contribution in [0.5, 0.6) is 0 Å². The van der Waals surface area contributed by atoms with E-state index in [-0.39, 0.29) is 12.5 Å². The van der Waals surface area contributed by atoms with E-state index in [1.54, 1.807) is 14.1 Å². The second kappa shape index (κ2) is 9.67. The van der Waals surface area contributed by atoms with Crippen molar-refractivity contribution in [2.24, 2.45) is 5.92 Å². The Morgan fingerprint density at radius 3 is 2.25 bits per heavy atom. The van der Waals surface area contributed by atoms with Crippen LogP contribution < -0.4 is 16.0 Å². The molecule has 0 saturated carbocycles. The number of carbonyl (C=O) groups is 3. The van der Waals surface area contributed by atoms with Gasteiger partial charge in [-0.05, 0) is 11.5 Å². The zero-order valence-electron chi connectivity index (χ0n) is 14.6. The maximum absolute atomic E-state index is 12.3. The first-order valence-corrected chi connectivity index (χ1v) is 7.88. The fourth-order valence-corrected chi connectivity index (χ4v) is 1.96. The molecule has 0 aliphatic carbocycles. The first-order valence-electron chi connectivity index (χ1n) is 7.88. The summed E-state index contributed by atoms with van der Waals surface area (Å²) in [5, 5.41) is 7.74. The average molecular weight is 334 g/mol. The molecule has 4 amide bonds. The Hall–Kier alpha value is -2.41. The summed E-state index contributed by atoms with van der Waals surface area (Å²) in [5.74, 6) is -0.369. The normalized spacial score (nSPS) is 11.7. The first kappa shape index (κ1) is 19.6. The minimum absolute atomic E-state index is 0.145. The van der Waals surface area contributed by atoms with Crippen LogP contribution in [-0.2, 0) is 9.59 Å². The molecule has 0 spiro atoms. The van der Waals surface area contributed by atoms with Crippen molar-refractivity contribution >= 4 is 17.8 Å². The van der Waals surface area contributed by atoms with Crippen LogP contribution in [0.3, 0.4) is 0 Å². The molecule has 1 atom stereocenters. The first-order chi connectivity index (χ1) is 11.3. The molecule has 1 aromatic rings. The molecule has 7 nitrogen and oxygen atoms in total. The number of urea groups is 1. The summed E-state index contributed by atoms with van der Waals surface area (Å²) in [6.45, 7) is 4.26. The summed E-state index contributed by atoms with van der Waals surface area (Å²) in [6.07, 6.45) is 0. The summed E-state index contributed by atoms with van der Waals surface area (Å²) < 4.78 is 0. The highest BCUT2D eigenvalue weighted by Gasteiger charge is 2.22. The number of amides is 4. The number of imide groups is 1. The minimum atomic E-state index is -0.648. The Labute approximate surface area is 142 Å². The molecule has 0 unspecified atom stereocenters. The lowest BCUT2D eigenvalue weighted by Gasteiger charge is -2.22. The van der Waals surface area contributed by atoms with Crippen molar-refractivity contribution in [3.05, 3.63) is 35.9 Å². The van der Waals surface area contributed by atoms with Crippen LogP contribution in [0, 0.1) is 5.92 Å². The van der Waals surface area contributed by atoms with E-state index in [1.165, 1.54) is 4.90 Å². The summed E-state index contributed by atoms with van der Waals surface area (Å²) in [4.78, 5) is 37.2. The highest BCUT2D eigenvalue weighted by atomic mass is 16.2. The van der Waals surface area contributed by atoms with Crippen LogP contribution in [-0.4, -0.2) is 49.9 Å². The van der Waals surface area contributed by atoms with Gasteiger partial charge in [0.25, 0.3) is 0 Å². The molecule has 1 aromatic carbocycles. The number of rotatable bonds is 7. The monoisotopic (exact) mass is 334 g/mol. The maximum Gasteiger partial charge on any atom is 0.321 e. The van der Waals surface area contributed by atoms with Crippen molar-refractivity contribution in [2.75, 3.05) is 27.2 Å². The van der Waals surface area contributed by atoms with Gasteiger partial charge in [0, 0.05) is 20.6 Å². The summed E-state index contributed by atoms with van der Waals surface area (Å²) >= 11 is 0. The molecule has 0 radical (unpaired) electrons. The van der Waals surface area contributed by atoms with Gasteiger partial charge in [0.05, 0.1) is 6.54 Å². The van der Waals surface area contributed by atoms with Gasteiger partial charge in [-0.25, -0.2) is 4.79 Å². The van der Waals surface area contributed by atoms with Gasteiger partial charge < -0.3 is 10.2 Å². The highest BCUT2D eigenvalue weighted by molar-refractivity contribution is 5.95. The van der Waals surface area contributed by atoms with Crippen molar-refractivity contribution < 1.29 is 14.4 Å². The third kappa shape index (κ3) is 6.78. The molecule has 0 bridgehead atoms. The molecule has 0 fully saturated rings. The number of carbonyl (C=O) groups excluding carboxylic acids is 3. The molecule has 0 aromatic heterocycles. The van der Waals surface area contributed by atoms with E-state index in [0.717, 1.165) is 5.56 Å². The number of nitrogens with one attached hydrogen (secondary N) is 3. The largest absolute Gasteiger partial charge is 0.347 e. The van der Waals surface area contributed by atoms with Crippen LogP contribution in [0.1, 0.15) is 25.5 Å². The van der Waals surface area contributed by atoms with Crippen LogP contribution in [0.4, 0.5) is 4.79 Å². The molecule has 0 aliphatic heterocycles. The molecule has 132 valence electrons. The van der Waals surface area contributed by atoms with Gasteiger partial charge in [-0.1, -0.05) is 44.2 Å². The quantitative estimate of drug-likeness (QED) is 0.691. The van der Waals surface area contributed by atoms with Gasteiger partial charge in [0.1, 0.15) is 6.04 Å². The van der Waals surface area contributed by atoms with Gasteiger partial charge in [-0.15, -0.1) is 0 Å². The second-order valence-corrected chi connectivity index (χ2v) is 6.11. The third-order valence-corrected chi connectivity index (χ3v) is 3.21. The smallest absolute Gasteiger partial charge is 0.321 e. The van der Waals surface area contributed by atoms with Gasteiger partial charge in [-0.3, -0.25) is 20.2 Å². The summed E-state index contributed by atoms with van der Waals surface area (Å²) in [6, 6.07) is 7.94. The van der Waals surface area contributed by atoms with Crippen molar-refractivity contribution in [3.63, 3.8) is 0 Å². The zero-order valence-corrected chi connectivity index (χ0v) is 14.6. The summed E-state index contributed by atoms with van der Waals surface area (Å²) in [5.41, 5.74) is 0.758. The Balaban J connectivity index is 2.60. The highest BCUT2D eigenvalue weighted by Crippen LogP contribution is 2.14. The standard InChI is InChI=1S/C17H26N4O3/c1-12(2)10-19-17(24)20-14(22)11-18-15(16(23)21(3)4)13-8-6-5-7-9-13/h5-9,12,15,18H,10-11H2,1-4H3,(H2,19,20,22,24)/t15-/m0/s1. The number of hydrogen-bond acceptors (Lipinski definition) is 4. The lowest BCUT2D eigenvalue weighted by atomic mass is 10.1. The Kier molecular flexibility index (Phi) is 7.91. The molecule has 0 saturated heterocycles. The number of nitrogens with zero attached hydrogens (tertiary/aromatic N) is 1. The fraction of sp³-hybridized carbons (Fsp3) is 0.471. The van der Waals surface area contributed by atoms with Crippen molar-refractivity contribution in [1.29, 1.82) is 0 Å². The van der Waals surface area contributed by atoms with E-state index in [9.17, 15) is 14.4 Å². The van der Waals surface area contributed by atoms with E-state index < -0.39 is 18.0 Å². The predicted octanol–water partition coefficient (Wildman–Crippen LogP) is 0.887. The lowest BCUT2D eigenvalue weighted by Crippen LogP contribution is -2.46. The molecule has 0 aliphatic rings. The average Bonchev–Trinajstić information content (AvgIpc) is 2.53. The van der Waals surface area contributed by atoms with E-state index in [4.69, 9.17) is 0 Å². The molecule has 24 heavy (non-hydrogen) atoms. The van der Waals surface area contributed by atoms with Crippen molar-refractivity contribution in [1.82, 2.24) is 20.9 Å². The van der Waals surface area contributed by atoms with Crippen LogP contribution in [0.15, 0.2) is 30.3 Å². The second-order valence-electron chi connectivity index (χ2n) is 6.11. The minimum Gasteiger partial charge on any atom is -0.347 e. The number of benzene rings is 1.